The fourth-order valence-corrected chi connectivity index (χ4v) is 3.74. The lowest BCUT2D eigenvalue weighted by Crippen LogP contribution is -2.25. The summed E-state index contributed by atoms with van der Waals surface area (Å²) in [7, 11) is -4.18. The molecule has 0 saturated heterocycles. The van der Waals surface area contributed by atoms with Gasteiger partial charge in [-0.25, -0.2) is 0 Å². The number of hydrogen-bond acceptors (Lipinski definition) is 3. The largest absolute Gasteiger partial charge is 0.435 e. The molecule has 0 spiro atoms. The van der Waals surface area contributed by atoms with Crippen molar-refractivity contribution in [1.82, 2.24) is 9.89 Å². The molecule has 5 nitrogen and oxygen atoms in total. The first-order valence-corrected chi connectivity index (χ1v) is 9.52. The normalized spacial score (nSPS) is 12.2. The van der Waals surface area contributed by atoms with Gasteiger partial charge in [0.15, 0.2) is 5.69 Å². The van der Waals surface area contributed by atoms with E-state index in [1.807, 2.05) is 4.83 Å². The molecular formula is C16H10Cl2F3N3O2S. The number of sulfonamides is 1. The Morgan fingerprint density at radius 2 is 1.67 bits per heavy atom. The molecule has 1 N–H and O–H groups in total. The maximum Gasteiger partial charge on any atom is 0.435 e. The van der Waals surface area contributed by atoms with Crippen LogP contribution in [0.25, 0.3) is 11.3 Å². The van der Waals surface area contributed by atoms with E-state index in [1.54, 1.807) is 6.07 Å². The summed E-state index contributed by atoms with van der Waals surface area (Å²) in [6, 6.07) is 12.0. The second kappa shape index (κ2) is 7.06. The predicted octanol–water partition coefficient (Wildman–Crippen LogP) is 4.81. The van der Waals surface area contributed by atoms with E-state index in [2.05, 4.69) is 5.10 Å². The van der Waals surface area contributed by atoms with Gasteiger partial charge in [0.1, 0.15) is 0 Å². The Labute approximate surface area is 162 Å². The van der Waals surface area contributed by atoms with Crippen molar-refractivity contribution in [2.75, 3.05) is 4.83 Å². The summed E-state index contributed by atoms with van der Waals surface area (Å²) in [5.41, 5.74) is -1.34. The third-order valence-electron chi connectivity index (χ3n) is 3.47. The van der Waals surface area contributed by atoms with Crippen LogP contribution >= 0.6 is 23.2 Å². The zero-order valence-electron chi connectivity index (χ0n) is 13.2. The molecule has 0 saturated carbocycles. The van der Waals surface area contributed by atoms with E-state index in [4.69, 9.17) is 23.2 Å². The number of benzene rings is 2. The van der Waals surface area contributed by atoms with Crippen LogP contribution in [0.5, 0.6) is 0 Å². The highest BCUT2D eigenvalue weighted by molar-refractivity contribution is 7.92. The van der Waals surface area contributed by atoms with Gasteiger partial charge in [0, 0.05) is 10.6 Å². The van der Waals surface area contributed by atoms with Gasteiger partial charge < -0.3 is 0 Å². The molecule has 3 aromatic rings. The van der Waals surface area contributed by atoms with Crippen LogP contribution in [0, 0.1) is 0 Å². The summed E-state index contributed by atoms with van der Waals surface area (Å²) in [6.07, 6.45) is -4.78. The van der Waals surface area contributed by atoms with E-state index in [1.165, 1.54) is 42.5 Å². The summed E-state index contributed by atoms with van der Waals surface area (Å²) < 4.78 is 64.3. The van der Waals surface area contributed by atoms with Gasteiger partial charge in [-0.3, -0.25) is 0 Å². The minimum Gasteiger partial charge on any atom is -0.200 e. The standard InChI is InChI=1S/C16H10Cl2F3N3O2S/c17-10-6-7-12(13(18)8-10)14-9-15(16(19,20)21)22-24(14)23-27(25,26)11-4-2-1-3-5-11/h1-9,23H. The smallest absolute Gasteiger partial charge is 0.200 e. The number of alkyl halides is 3. The molecule has 0 aliphatic carbocycles. The van der Waals surface area contributed by atoms with E-state index in [0.29, 0.717) is 10.9 Å². The van der Waals surface area contributed by atoms with E-state index < -0.39 is 21.9 Å². The average molecular weight is 436 g/mol. The second-order valence-electron chi connectivity index (χ2n) is 5.36. The van der Waals surface area contributed by atoms with Crippen molar-refractivity contribution in [2.24, 2.45) is 0 Å². The van der Waals surface area contributed by atoms with Crippen molar-refractivity contribution in [1.29, 1.82) is 0 Å². The number of hydrogen-bond donors (Lipinski definition) is 1. The van der Waals surface area contributed by atoms with Crippen molar-refractivity contribution in [3.63, 3.8) is 0 Å². The lowest BCUT2D eigenvalue weighted by atomic mass is 10.1. The van der Waals surface area contributed by atoms with Gasteiger partial charge in [0.05, 0.1) is 15.6 Å². The molecule has 0 aliphatic rings. The van der Waals surface area contributed by atoms with Crippen molar-refractivity contribution in [3.05, 3.63) is 70.3 Å². The first-order valence-electron chi connectivity index (χ1n) is 7.28. The van der Waals surface area contributed by atoms with Gasteiger partial charge in [-0.15, -0.1) is 5.10 Å². The third-order valence-corrected chi connectivity index (χ3v) is 5.32. The quantitative estimate of drug-likeness (QED) is 0.639. The van der Waals surface area contributed by atoms with Crippen LogP contribution in [-0.2, 0) is 16.2 Å². The predicted molar refractivity (Wildman–Crippen MR) is 95.7 cm³/mol. The molecule has 11 heteroatoms. The van der Waals surface area contributed by atoms with Crippen LogP contribution in [0.4, 0.5) is 13.2 Å². The molecule has 0 atom stereocenters. The molecule has 0 aliphatic heterocycles. The Kier molecular flexibility index (Phi) is 5.11. The van der Waals surface area contributed by atoms with Gasteiger partial charge in [-0.1, -0.05) is 41.4 Å². The minimum absolute atomic E-state index is 0.0382. The molecule has 1 heterocycles. The molecule has 0 amide bonds. The molecule has 0 fully saturated rings. The van der Waals surface area contributed by atoms with Gasteiger partial charge in [-0.2, -0.15) is 31.2 Å². The Morgan fingerprint density at radius 3 is 2.26 bits per heavy atom. The number of aromatic nitrogens is 2. The molecule has 1 aromatic heterocycles. The van der Waals surface area contributed by atoms with Crippen LogP contribution in [0.3, 0.4) is 0 Å². The van der Waals surface area contributed by atoms with Gasteiger partial charge in [0.2, 0.25) is 0 Å². The molecule has 142 valence electrons. The zero-order valence-corrected chi connectivity index (χ0v) is 15.5. The summed E-state index contributed by atoms with van der Waals surface area (Å²) in [5, 5.41) is 3.65. The molecule has 27 heavy (non-hydrogen) atoms. The van der Waals surface area contributed by atoms with Crippen LogP contribution in [0.15, 0.2) is 59.5 Å². The lowest BCUT2D eigenvalue weighted by molar-refractivity contribution is -0.141. The molecule has 2 aromatic carbocycles. The zero-order chi connectivity index (χ0) is 19.8. The summed E-state index contributed by atoms with van der Waals surface area (Å²) in [5.74, 6) is 0. The van der Waals surface area contributed by atoms with E-state index in [-0.39, 0.29) is 26.2 Å². The monoisotopic (exact) mass is 435 g/mol. The van der Waals surface area contributed by atoms with Crippen molar-refractivity contribution >= 4 is 33.2 Å². The topological polar surface area (TPSA) is 64.0 Å². The first kappa shape index (κ1) is 19.5. The van der Waals surface area contributed by atoms with Gasteiger partial charge in [0.25, 0.3) is 10.0 Å². The number of rotatable bonds is 4. The fourth-order valence-electron chi connectivity index (χ4n) is 2.24. The number of nitrogens with one attached hydrogen (secondary N) is 1. The lowest BCUT2D eigenvalue weighted by Gasteiger charge is -2.12. The molecule has 0 unspecified atom stereocenters. The highest BCUT2D eigenvalue weighted by Gasteiger charge is 2.36. The maximum atomic E-state index is 13.1. The minimum atomic E-state index is -4.78. The Bertz CT molecular complexity index is 1080. The van der Waals surface area contributed by atoms with Crippen LogP contribution in [0.1, 0.15) is 5.69 Å². The fraction of sp³-hybridized carbons (Fsp3) is 0.0625. The Morgan fingerprint density at radius 1 is 1.00 bits per heavy atom. The highest BCUT2D eigenvalue weighted by Crippen LogP contribution is 2.35. The van der Waals surface area contributed by atoms with Crippen molar-refractivity contribution in [3.8, 4) is 11.3 Å². The first-order chi connectivity index (χ1) is 12.6. The SMILES string of the molecule is O=S(=O)(Nn1nc(C(F)(F)F)cc1-c1ccc(Cl)cc1Cl)c1ccccc1. The van der Waals surface area contributed by atoms with Gasteiger partial charge >= 0.3 is 6.18 Å². The highest BCUT2D eigenvalue weighted by atomic mass is 35.5. The third kappa shape index (κ3) is 4.20. The maximum absolute atomic E-state index is 13.1. The van der Waals surface area contributed by atoms with Crippen LogP contribution < -0.4 is 4.83 Å². The molecule has 0 bridgehead atoms. The molecule has 0 radical (unpaired) electrons. The van der Waals surface area contributed by atoms with Crippen LogP contribution in [0.2, 0.25) is 10.0 Å². The van der Waals surface area contributed by atoms with E-state index in [0.717, 1.165) is 0 Å². The van der Waals surface area contributed by atoms with Crippen molar-refractivity contribution in [2.45, 2.75) is 11.1 Å². The summed E-state index contributed by atoms with van der Waals surface area (Å²) in [4.78, 5) is 2.41. The average Bonchev–Trinajstić information content (AvgIpc) is 2.99. The van der Waals surface area contributed by atoms with E-state index >= 15 is 0 Å². The Hall–Kier alpha value is -2.23. The van der Waals surface area contributed by atoms with Crippen molar-refractivity contribution < 1.29 is 21.6 Å². The van der Waals surface area contributed by atoms with Crippen LogP contribution in [-0.4, -0.2) is 18.3 Å². The summed E-state index contributed by atoms with van der Waals surface area (Å²) >= 11 is 11.9. The Balaban J connectivity index is 2.13. The van der Waals surface area contributed by atoms with Gasteiger partial charge in [-0.05, 0) is 36.4 Å². The van der Waals surface area contributed by atoms with E-state index in [9.17, 15) is 21.6 Å². The molecular weight excluding hydrogens is 426 g/mol. The summed E-state index contributed by atoms with van der Waals surface area (Å²) in [6.45, 7) is 0. The number of halogens is 5. The second-order valence-corrected chi connectivity index (χ2v) is 7.86. The molecule has 3 rings (SSSR count). The number of nitrogens with zero attached hydrogens (tertiary/aromatic N) is 2.